The molecule has 0 unspecified atom stereocenters. The number of carbonyl (C=O) groups excluding carboxylic acids is 1. The Hall–Kier alpha value is -1.56. The number of fused-ring (bicyclic) bond motifs is 1. The first-order valence-electron chi connectivity index (χ1n) is 6.28. The van der Waals surface area contributed by atoms with Crippen LogP contribution in [0.5, 0.6) is 5.75 Å². The van der Waals surface area contributed by atoms with Crippen LogP contribution in [0, 0.1) is 5.41 Å². The van der Waals surface area contributed by atoms with Crippen LogP contribution in [0.2, 0.25) is 0 Å². The minimum Gasteiger partial charge on any atom is -0.493 e. The third-order valence-corrected chi connectivity index (χ3v) is 3.82. The molecule has 2 N–H and O–H groups in total. The number of benzene rings is 1. The van der Waals surface area contributed by atoms with Gasteiger partial charge in [-0.1, -0.05) is 15.9 Å². The lowest BCUT2D eigenvalue weighted by atomic mass is 9.92. The number of hydrogen-bond donors (Lipinski definition) is 2. The average Bonchev–Trinajstić information content (AvgIpc) is 2.82. The lowest BCUT2D eigenvalue weighted by Gasteiger charge is -2.19. The number of nitrogens with one attached hydrogen (secondary N) is 1. The van der Waals surface area contributed by atoms with Crippen molar-refractivity contribution in [3.8, 4) is 5.75 Å². The molecular weight excluding hydrogens is 326 g/mol. The summed E-state index contributed by atoms with van der Waals surface area (Å²) >= 11 is 3.42. The molecule has 1 aliphatic heterocycles. The van der Waals surface area contributed by atoms with Gasteiger partial charge in [0.2, 0.25) is 5.91 Å². The van der Waals surface area contributed by atoms with Crippen LogP contribution < -0.4 is 10.1 Å². The summed E-state index contributed by atoms with van der Waals surface area (Å²) in [6, 6.07) is 3.87. The third-order valence-electron chi connectivity index (χ3n) is 3.37. The second-order valence-corrected chi connectivity index (χ2v) is 6.18. The van der Waals surface area contributed by atoms with Gasteiger partial charge in [0.05, 0.1) is 6.61 Å². The van der Waals surface area contributed by atoms with Gasteiger partial charge in [0.25, 0.3) is 0 Å². The number of hydrogen-bond acceptors (Lipinski definition) is 3. The molecule has 0 saturated carbocycles. The fourth-order valence-corrected chi connectivity index (χ4v) is 2.52. The quantitative estimate of drug-likeness (QED) is 0.822. The van der Waals surface area contributed by atoms with Gasteiger partial charge in [-0.25, -0.2) is 0 Å². The molecule has 0 radical (unpaired) electrons. The molecule has 0 bridgehead atoms. The molecule has 5 nitrogen and oxygen atoms in total. The van der Waals surface area contributed by atoms with Gasteiger partial charge in [-0.15, -0.1) is 0 Å². The zero-order chi connectivity index (χ0) is 14.9. The predicted molar refractivity (Wildman–Crippen MR) is 76.6 cm³/mol. The number of carbonyl (C=O) groups is 2. The lowest BCUT2D eigenvalue weighted by molar-refractivity contribution is -0.153. The first kappa shape index (κ1) is 14.8. The van der Waals surface area contributed by atoms with Gasteiger partial charge in [0.15, 0.2) is 0 Å². The van der Waals surface area contributed by atoms with E-state index in [9.17, 15) is 9.59 Å². The highest BCUT2D eigenvalue weighted by Gasteiger charge is 2.35. The molecule has 0 aliphatic carbocycles. The Balaban J connectivity index is 2.13. The molecule has 1 aromatic rings. The summed E-state index contributed by atoms with van der Waals surface area (Å²) in [5, 5.41) is 11.7. The van der Waals surface area contributed by atoms with Gasteiger partial charge < -0.3 is 15.2 Å². The molecule has 0 atom stereocenters. The van der Waals surface area contributed by atoms with Crippen molar-refractivity contribution in [3.05, 3.63) is 27.7 Å². The molecule has 0 aromatic heterocycles. The Kier molecular flexibility index (Phi) is 4.04. The van der Waals surface area contributed by atoms with Crippen LogP contribution in [-0.4, -0.2) is 23.6 Å². The average molecular weight is 342 g/mol. The number of carboxylic acid groups (broad SMARTS) is 1. The number of rotatable bonds is 4. The van der Waals surface area contributed by atoms with E-state index in [0.717, 1.165) is 27.8 Å². The molecule has 0 saturated heterocycles. The molecule has 108 valence electrons. The maximum absolute atomic E-state index is 11.9. The number of amides is 1. The first-order valence-corrected chi connectivity index (χ1v) is 7.07. The zero-order valence-corrected chi connectivity index (χ0v) is 12.9. The van der Waals surface area contributed by atoms with E-state index in [1.165, 1.54) is 13.8 Å². The van der Waals surface area contributed by atoms with E-state index in [-0.39, 0.29) is 6.54 Å². The number of ether oxygens (including phenoxy) is 1. The summed E-state index contributed by atoms with van der Waals surface area (Å²) in [6.07, 6.45) is 0.844. The second kappa shape index (κ2) is 5.44. The molecule has 0 fully saturated rings. The maximum Gasteiger partial charge on any atom is 0.318 e. The van der Waals surface area contributed by atoms with Crippen LogP contribution in [0.15, 0.2) is 16.6 Å². The highest BCUT2D eigenvalue weighted by atomic mass is 79.9. The van der Waals surface area contributed by atoms with E-state index >= 15 is 0 Å². The first-order chi connectivity index (χ1) is 9.32. The van der Waals surface area contributed by atoms with Crippen LogP contribution >= 0.6 is 15.9 Å². The SMILES string of the molecule is CC(C)(C(=O)O)C(=O)NCc1cc(Br)cc2c1OCC2. The van der Waals surface area contributed by atoms with Crippen LogP contribution in [0.25, 0.3) is 0 Å². The van der Waals surface area contributed by atoms with Crippen molar-refractivity contribution in [1.82, 2.24) is 5.32 Å². The lowest BCUT2D eigenvalue weighted by Crippen LogP contribution is -2.42. The van der Waals surface area contributed by atoms with Gasteiger partial charge in [0, 0.05) is 23.0 Å². The van der Waals surface area contributed by atoms with E-state index in [4.69, 9.17) is 9.84 Å². The number of halogens is 1. The molecule has 1 aromatic carbocycles. The summed E-state index contributed by atoms with van der Waals surface area (Å²) in [4.78, 5) is 22.9. The molecular formula is C14H16BrNO4. The van der Waals surface area contributed by atoms with Crippen molar-refractivity contribution >= 4 is 27.8 Å². The summed E-state index contributed by atoms with van der Waals surface area (Å²) in [5.41, 5.74) is 0.498. The monoisotopic (exact) mass is 341 g/mol. The van der Waals surface area contributed by atoms with Crippen molar-refractivity contribution in [2.75, 3.05) is 6.61 Å². The summed E-state index contributed by atoms with van der Waals surface area (Å²) in [5.74, 6) is -0.871. The fraction of sp³-hybridized carbons (Fsp3) is 0.429. The largest absolute Gasteiger partial charge is 0.493 e. The Morgan fingerprint density at radius 3 is 2.80 bits per heavy atom. The fourth-order valence-electron chi connectivity index (χ4n) is 1.97. The molecule has 20 heavy (non-hydrogen) atoms. The molecule has 1 heterocycles. The van der Waals surface area contributed by atoms with E-state index < -0.39 is 17.3 Å². The third kappa shape index (κ3) is 2.80. The number of carboxylic acids is 1. The van der Waals surface area contributed by atoms with Crippen LogP contribution in [0.1, 0.15) is 25.0 Å². The summed E-state index contributed by atoms with van der Waals surface area (Å²) < 4.78 is 6.48. The molecule has 1 aliphatic rings. The van der Waals surface area contributed by atoms with Crippen LogP contribution in [0.4, 0.5) is 0 Å². The molecule has 0 spiro atoms. The Morgan fingerprint density at radius 2 is 2.15 bits per heavy atom. The smallest absolute Gasteiger partial charge is 0.318 e. The zero-order valence-electron chi connectivity index (χ0n) is 11.3. The van der Waals surface area contributed by atoms with Gasteiger partial charge >= 0.3 is 5.97 Å². The molecule has 1 amide bonds. The Morgan fingerprint density at radius 1 is 1.45 bits per heavy atom. The van der Waals surface area contributed by atoms with Gasteiger partial charge in [-0.2, -0.15) is 0 Å². The normalized spacial score (nSPS) is 13.6. The van der Waals surface area contributed by atoms with Crippen molar-refractivity contribution in [2.24, 2.45) is 5.41 Å². The highest BCUT2D eigenvalue weighted by Crippen LogP contribution is 2.33. The second-order valence-electron chi connectivity index (χ2n) is 5.26. The number of aliphatic carboxylic acids is 1. The topological polar surface area (TPSA) is 75.6 Å². The van der Waals surface area contributed by atoms with Crippen molar-refractivity contribution in [3.63, 3.8) is 0 Å². The van der Waals surface area contributed by atoms with Crippen molar-refractivity contribution in [2.45, 2.75) is 26.8 Å². The van der Waals surface area contributed by atoms with Crippen molar-refractivity contribution < 1.29 is 19.4 Å². The molecule has 6 heteroatoms. The molecule has 2 rings (SSSR count). The van der Waals surface area contributed by atoms with E-state index in [0.29, 0.717) is 6.61 Å². The minimum absolute atomic E-state index is 0.247. The van der Waals surface area contributed by atoms with Gasteiger partial charge in [0.1, 0.15) is 11.2 Å². The summed E-state index contributed by atoms with van der Waals surface area (Å²) in [6.45, 7) is 3.64. The standard InChI is InChI=1S/C14H16BrNO4/c1-14(2,13(18)19)12(17)16-7-9-6-10(15)5-8-3-4-20-11(8)9/h5-6H,3-4,7H2,1-2H3,(H,16,17)(H,18,19). The van der Waals surface area contributed by atoms with Gasteiger partial charge in [-0.3, -0.25) is 9.59 Å². The van der Waals surface area contributed by atoms with Crippen LogP contribution in [-0.2, 0) is 22.6 Å². The van der Waals surface area contributed by atoms with Crippen molar-refractivity contribution in [1.29, 1.82) is 0 Å². The highest BCUT2D eigenvalue weighted by molar-refractivity contribution is 9.10. The summed E-state index contributed by atoms with van der Waals surface area (Å²) in [7, 11) is 0. The Bertz CT molecular complexity index is 569. The van der Waals surface area contributed by atoms with E-state index in [1.807, 2.05) is 12.1 Å². The Labute approximate surface area is 125 Å². The predicted octanol–water partition coefficient (Wildman–Crippen LogP) is 2.11. The van der Waals surface area contributed by atoms with E-state index in [1.54, 1.807) is 0 Å². The van der Waals surface area contributed by atoms with E-state index in [2.05, 4.69) is 21.2 Å². The van der Waals surface area contributed by atoms with Gasteiger partial charge in [-0.05, 0) is 31.5 Å². The maximum atomic E-state index is 11.9. The minimum atomic E-state index is -1.45. The van der Waals surface area contributed by atoms with Crippen LogP contribution in [0.3, 0.4) is 0 Å².